The first-order valence-electron chi connectivity index (χ1n) is 7.60. The van der Waals surface area contributed by atoms with E-state index in [2.05, 4.69) is 20.1 Å². The average molecular weight is 331 g/mol. The van der Waals surface area contributed by atoms with Crippen molar-refractivity contribution in [1.82, 2.24) is 24.7 Å². The maximum atomic E-state index is 12.6. The monoisotopic (exact) mass is 331 g/mol. The topological polar surface area (TPSA) is 93.8 Å². The predicted octanol–water partition coefficient (Wildman–Crippen LogP) is 2.46. The van der Waals surface area contributed by atoms with Gasteiger partial charge in [0.15, 0.2) is 11.4 Å². The Morgan fingerprint density at radius 2 is 1.84 bits per heavy atom. The van der Waals surface area contributed by atoms with Crippen molar-refractivity contribution in [3.8, 4) is 11.7 Å². The van der Waals surface area contributed by atoms with Crippen LogP contribution in [0.5, 0.6) is 5.75 Å². The van der Waals surface area contributed by atoms with Gasteiger partial charge in [-0.2, -0.15) is 9.78 Å². The highest BCUT2D eigenvalue weighted by Crippen LogP contribution is 2.23. The summed E-state index contributed by atoms with van der Waals surface area (Å²) in [7, 11) is 0. The molecule has 0 fully saturated rings. The van der Waals surface area contributed by atoms with Crippen LogP contribution in [-0.2, 0) is 0 Å². The molecule has 0 unspecified atom stereocenters. The molecule has 4 aromatic rings. The van der Waals surface area contributed by atoms with E-state index in [-0.39, 0.29) is 17.1 Å². The lowest BCUT2D eigenvalue weighted by Gasteiger charge is -2.04. The third-order valence-corrected chi connectivity index (χ3v) is 3.86. The van der Waals surface area contributed by atoms with Crippen LogP contribution in [0, 0.1) is 6.92 Å². The first-order valence-corrected chi connectivity index (χ1v) is 7.60. The second-order valence-electron chi connectivity index (χ2n) is 5.49. The molecule has 0 aliphatic rings. The molecule has 0 atom stereocenters. The number of aromatic hydroxyl groups is 1. The van der Waals surface area contributed by atoms with E-state index < -0.39 is 0 Å². The molecule has 1 aromatic carbocycles. The number of phenolic OH excluding ortho intramolecular Hbond substituents is 1. The van der Waals surface area contributed by atoms with Gasteiger partial charge < -0.3 is 5.11 Å². The molecule has 122 valence electrons. The quantitative estimate of drug-likeness (QED) is 0.580. The fourth-order valence-electron chi connectivity index (χ4n) is 2.63. The molecule has 0 radical (unpaired) electrons. The minimum atomic E-state index is -0.296. The maximum Gasteiger partial charge on any atom is 0.252 e. The van der Waals surface area contributed by atoms with Gasteiger partial charge in [0.2, 0.25) is 0 Å². The van der Waals surface area contributed by atoms with Gasteiger partial charge >= 0.3 is 0 Å². The zero-order valence-electron chi connectivity index (χ0n) is 13.3. The van der Waals surface area contributed by atoms with Crippen molar-refractivity contribution in [3.63, 3.8) is 0 Å². The SMILES string of the molecule is Cc1nn(-c2ncccn2)c2ncc(C(=O)c3ccccc3O)cc12. The number of hydrogen-bond donors (Lipinski definition) is 1. The number of aryl methyl sites for hydroxylation is 1. The van der Waals surface area contributed by atoms with Crippen molar-refractivity contribution in [2.24, 2.45) is 0 Å². The molecule has 4 rings (SSSR count). The number of fused-ring (bicyclic) bond motifs is 1. The summed E-state index contributed by atoms with van der Waals surface area (Å²) >= 11 is 0. The van der Waals surface area contributed by atoms with Crippen molar-refractivity contribution in [2.45, 2.75) is 6.92 Å². The number of carbonyl (C=O) groups is 1. The van der Waals surface area contributed by atoms with E-state index in [0.29, 0.717) is 22.9 Å². The number of aromatic nitrogens is 5. The smallest absolute Gasteiger partial charge is 0.252 e. The van der Waals surface area contributed by atoms with Crippen molar-refractivity contribution in [1.29, 1.82) is 0 Å². The van der Waals surface area contributed by atoms with E-state index in [4.69, 9.17) is 0 Å². The van der Waals surface area contributed by atoms with Crippen LogP contribution in [0.1, 0.15) is 21.6 Å². The summed E-state index contributed by atoms with van der Waals surface area (Å²) in [5, 5.41) is 15.0. The highest BCUT2D eigenvalue weighted by Gasteiger charge is 2.17. The Balaban J connectivity index is 1.83. The van der Waals surface area contributed by atoms with Crippen molar-refractivity contribution < 1.29 is 9.90 Å². The number of hydrogen-bond acceptors (Lipinski definition) is 6. The summed E-state index contributed by atoms with van der Waals surface area (Å²) in [4.78, 5) is 25.4. The van der Waals surface area contributed by atoms with E-state index >= 15 is 0 Å². The van der Waals surface area contributed by atoms with Gasteiger partial charge in [-0.15, -0.1) is 0 Å². The van der Waals surface area contributed by atoms with Gasteiger partial charge in [-0.05, 0) is 31.2 Å². The second-order valence-corrected chi connectivity index (χ2v) is 5.49. The molecule has 0 amide bonds. The Hall–Kier alpha value is -3.61. The highest BCUT2D eigenvalue weighted by molar-refractivity contribution is 6.11. The van der Waals surface area contributed by atoms with E-state index in [1.807, 2.05) is 6.92 Å². The number of rotatable bonds is 3. The largest absolute Gasteiger partial charge is 0.507 e. The van der Waals surface area contributed by atoms with Crippen molar-refractivity contribution in [3.05, 3.63) is 71.8 Å². The molecule has 0 aliphatic heterocycles. The number of phenols is 1. The highest BCUT2D eigenvalue weighted by atomic mass is 16.3. The Kier molecular flexibility index (Phi) is 3.46. The van der Waals surface area contributed by atoms with Crippen LogP contribution in [0.4, 0.5) is 0 Å². The molecular weight excluding hydrogens is 318 g/mol. The Morgan fingerprint density at radius 1 is 1.08 bits per heavy atom. The zero-order valence-corrected chi connectivity index (χ0v) is 13.3. The Labute approximate surface area is 142 Å². The molecule has 0 spiro atoms. The Bertz CT molecular complexity index is 1090. The summed E-state index contributed by atoms with van der Waals surface area (Å²) in [6, 6.07) is 9.87. The van der Waals surface area contributed by atoms with E-state index in [1.165, 1.54) is 12.3 Å². The van der Waals surface area contributed by atoms with Crippen molar-refractivity contribution >= 4 is 16.8 Å². The molecule has 3 heterocycles. The fourth-order valence-corrected chi connectivity index (χ4v) is 2.63. The van der Waals surface area contributed by atoms with Gasteiger partial charge in [-0.3, -0.25) is 4.79 Å². The van der Waals surface area contributed by atoms with Gasteiger partial charge in [0.1, 0.15) is 5.75 Å². The molecule has 3 aromatic heterocycles. The first kappa shape index (κ1) is 14.9. The number of pyridine rings is 1. The molecule has 25 heavy (non-hydrogen) atoms. The van der Waals surface area contributed by atoms with Crippen LogP contribution in [-0.4, -0.2) is 35.6 Å². The zero-order chi connectivity index (χ0) is 17.4. The van der Waals surface area contributed by atoms with Gasteiger partial charge in [0.25, 0.3) is 5.95 Å². The minimum absolute atomic E-state index is 0.0577. The molecule has 0 saturated carbocycles. The second kappa shape index (κ2) is 5.79. The fraction of sp³-hybridized carbons (Fsp3) is 0.0556. The van der Waals surface area contributed by atoms with E-state index in [1.54, 1.807) is 47.4 Å². The number of benzene rings is 1. The molecule has 7 nitrogen and oxygen atoms in total. The van der Waals surface area contributed by atoms with Gasteiger partial charge in [-0.1, -0.05) is 12.1 Å². The third kappa shape index (κ3) is 2.51. The molecule has 7 heteroatoms. The van der Waals surface area contributed by atoms with Crippen molar-refractivity contribution in [2.75, 3.05) is 0 Å². The standard InChI is InChI=1S/C18H13N5O2/c1-11-14-9-12(16(25)13-5-2-3-6-15(13)24)10-21-17(14)23(22-11)18-19-7-4-8-20-18/h2-10,24H,1H3. The molecule has 0 saturated heterocycles. The number of nitrogens with zero attached hydrogens (tertiary/aromatic N) is 5. The van der Waals surface area contributed by atoms with Crippen LogP contribution < -0.4 is 0 Å². The molecule has 0 bridgehead atoms. The normalized spacial score (nSPS) is 10.9. The van der Waals surface area contributed by atoms with Crippen LogP contribution in [0.15, 0.2) is 55.0 Å². The predicted molar refractivity (Wildman–Crippen MR) is 90.7 cm³/mol. The van der Waals surface area contributed by atoms with Crippen LogP contribution >= 0.6 is 0 Å². The summed E-state index contributed by atoms with van der Waals surface area (Å²) in [5.41, 5.74) is 1.89. The van der Waals surface area contributed by atoms with Gasteiger partial charge in [0, 0.05) is 29.5 Å². The lowest BCUT2D eigenvalue weighted by Crippen LogP contribution is -2.05. The molecule has 1 N–H and O–H groups in total. The molecule has 0 aliphatic carbocycles. The number of ketones is 1. The first-order chi connectivity index (χ1) is 12.1. The third-order valence-electron chi connectivity index (χ3n) is 3.86. The van der Waals surface area contributed by atoms with Crippen LogP contribution in [0.3, 0.4) is 0 Å². The minimum Gasteiger partial charge on any atom is -0.507 e. The summed E-state index contributed by atoms with van der Waals surface area (Å²) in [5.74, 6) is 0.0567. The number of para-hydroxylation sites is 1. The maximum absolute atomic E-state index is 12.6. The van der Waals surface area contributed by atoms with Gasteiger partial charge in [0.05, 0.1) is 11.3 Å². The average Bonchev–Trinajstić information content (AvgIpc) is 2.98. The van der Waals surface area contributed by atoms with E-state index in [0.717, 1.165) is 5.39 Å². The summed E-state index contributed by atoms with van der Waals surface area (Å²) in [6.07, 6.45) is 4.72. The van der Waals surface area contributed by atoms with Crippen LogP contribution in [0.2, 0.25) is 0 Å². The van der Waals surface area contributed by atoms with Gasteiger partial charge in [-0.25, -0.2) is 15.0 Å². The lowest BCUT2D eigenvalue weighted by atomic mass is 10.0. The lowest BCUT2D eigenvalue weighted by molar-refractivity contribution is 0.103. The number of carbonyl (C=O) groups excluding carboxylic acids is 1. The van der Waals surface area contributed by atoms with Crippen LogP contribution in [0.25, 0.3) is 17.0 Å². The summed E-state index contributed by atoms with van der Waals surface area (Å²) < 4.78 is 1.54. The molecular formula is C18H13N5O2. The Morgan fingerprint density at radius 3 is 2.60 bits per heavy atom. The summed E-state index contributed by atoms with van der Waals surface area (Å²) in [6.45, 7) is 1.83. The van der Waals surface area contributed by atoms with E-state index in [9.17, 15) is 9.90 Å².